The van der Waals surface area contributed by atoms with Crippen molar-refractivity contribution in [2.75, 3.05) is 26.1 Å². The molecule has 0 radical (unpaired) electrons. The van der Waals surface area contributed by atoms with E-state index in [0.717, 1.165) is 30.8 Å². The predicted octanol–water partition coefficient (Wildman–Crippen LogP) is 1.97. The summed E-state index contributed by atoms with van der Waals surface area (Å²) in [5.74, 6) is 0.775. The van der Waals surface area contributed by atoms with Gasteiger partial charge in [-0.25, -0.2) is 0 Å². The van der Waals surface area contributed by atoms with Gasteiger partial charge in [-0.3, -0.25) is 0 Å². The first-order valence-corrected chi connectivity index (χ1v) is 5.91. The minimum Gasteiger partial charge on any atom is -0.496 e. The van der Waals surface area contributed by atoms with E-state index in [1.807, 2.05) is 18.2 Å². The number of rotatable bonds is 5. The van der Waals surface area contributed by atoms with Crippen LogP contribution >= 0.6 is 0 Å². The molecule has 1 heterocycles. The second-order valence-electron chi connectivity index (χ2n) is 4.22. The van der Waals surface area contributed by atoms with Gasteiger partial charge in [0, 0.05) is 23.9 Å². The van der Waals surface area contributed by atoms with E-state index in [1.54, 1.807) is 7.11 Å². The molecule has 0 bridgehead atoms. The van der Waals surface area contributed by atoms with Crippen molar-refractivity contribution in [3.8, 4) is 5.75 Å². The molecular weight excluding hydrogens is 218 g/mol. The molecule has 2 rings (SSSR count). The fourth-order valence-corrected chi connectivity index (χ4v) is 1.96. The molecule has 4 heteroatoms. The highest BCUT2D eigenvalue weighted by Crippen LogP contribution is 2.22. The summed E-state index contributed by atoms with van der Waals surface area (Å²) < 4.78 is 16.4. The van der Waals surface area contributed by atoms with Crippen molar-refractivity contribution in [3.05, 3.63) is 23.8 Å². The maximum atomic E-state index is 5.69. The van der Waals surface area contributed by atoms with E-state index in [2.05, 4.69) is 0 Å². The first kappa shape index (κ1) is 12.2. The highest BCUT2D eigenvalue weighted by atomic mass is 16.5. The van der Waals surface area contributed by atoms with Crippen LogP contribution in [0.15, 0.2) is 18.2 Å². The lowest BCUT2D eigenvalue weighted by Crippen LogP contribution is -2.14. The van der Waals surface area contributed by atoms with Crippen LogP contribution in [0.3, 0.4) is 0 Å². The standard InChI is InChI=1S/C13H19NO3/c1-15-13-7-11(14)5-4-10(13)8-16-9-12-3-2-6-17-12/h4-5,7,12H,2-3,6,8-9,14H2,1H3. The molecule has 94 valence electrons. The molecule has 0 aliphatic carbocycles. The Balaban J connectivity index is 1.85. The first-order chi connectivity index (χ1) is 8.29. The second kappa shape index (κ2) is 5.89. The van der Waals surface area contributed by atoms with E-state index in [4.69, 9.17) is 19.9 Å². The van der Waals surface area contributed by atoms with Gasteiger partial charge in [0.25, 0.3) is 0 Å². The van der Waals surface area contributed by atoms with Crippen LogP contribution in [0.4, 0.5) is 5.69 Å². The molecule has 1 aromatic rings. The van der Waals surface area contributed by atoms with Crippen LogP contribution in [-0.2, 0) is 16.1 Å². The minimum absolute atomic E-state index is 0.259. The van der Waals surface area contributed by atoms with Crippen molar-refractivity contribution in [1.82, 2.24) is 0 Å². The largest absolute Gasteiger partial charge is 0.496 e. The van der Waals surface area contributed by atoms with Crippen LogP contribution in [-0.4, -0.2) is 26.4 Å². The number of benzene rings is 1. The fourth-order valence-electron chi connectivity index (χ4n) is 1.96. The molecule has 1 fully saturated rings. The number of nitrogens with two attached hydrogens (primary N) is 1. The fraction of sp³-hybridized carbons (Fsp3) is 0.538. The maximum absolute atomic E-state index is 5.69. The molecule has 1 saturated heterocycles. The lowest BCUT2D eigenvalue weighted by atomic mass is 10.2. The molecule has 0 amide bonds. The summed E-state index contributed by atoms with van der Waals surface area (Å²) in [6.07, 6.45) is 2.49. The summed E-state index contributed by atoms with van der Waals surface area (Å²) >= 11 is 0. The number of anilines is 1. The van der Waals surface area contributed by atoms with Crippen molar-refractivity contribution in [2.24, 2.45) is 0 Å². The summed E-state index contributed by atoms with van der Waals surface area (Å²) in [6.45, 7) is 2.04. The van der Waals surface area contributed by atoms with Gasteiger partial charge in [0.15, 0.2) is 0 Å². The molecule has 2 N–H and O–H groups in total. The molecule has 0 aromatic heterocycles. The molecule has 1 aromatic carbocycles. The Labute approximate surface area is 102 Å². The van der Waals surface area contributed by atoms with E-state index in [0.29, 0.717) is 18.9 Å². The zero-order valence-electron chi connectivity index (χ0n) is 10.1. The number of nitrogen functional groups attached to an aromatic ring is 1. The molecule has 4 nitrogen and oxygen atoms in total. The molecule has 1 aliphatic heterocycles. The minimum atomic E-state index is 0.259. The highest BCUT2D eigenvalue weighted by Gasteiger charge is 2.15. The number of hydrogen-bond donors (Lipinski definition) is 1. The Morgan fingerprint density at radius 3 is 3.06 bits per heavy atom. The average Bonchev–Trinajstić information content (AvgIpc) is 2.84. The Morgan fingerprint density at radius 1 is 1.47 bits per heavy atom. The molecule has 1 aliphatic rings. The van der Waals surface area contributed by atoms with Crippen LogP contribution in [0.25, 0.3) is 0 Å². The third-order valence-electron chi connectivity index (χ3n) is 2.90. The lowest BCUT2D eigenvalue weighted by molar-refractivity contribution is 0.0101. The Kier molecular flexibility index (Phi) is 4.23. The summed E-state index contributed by atoms with van der Waals surface area (Å²) in [6, 6.07) is 5.60. The van der Waals surface area contributed by atoms with E-state index in [-0.39, 0.29) is 6.10 Å². The van der Waals surface area contributed by atoms with Crippen LogP contribution in [0, 0.1) is 0 Å². The van der Waals surface area contributed by atoms with Gasteiger partial charge in [-0.05, 0) is 18.9 Å². The topological polar surface area (TPSA) is 53.7 Å². The molecule has 0 spiro atoms. The van der Waals surface area contributed by atoms with Gasteiger partial charge in [0.2, 0.25) is 0 Å². The van der Waals surface area contributed by atoms with E-state index >= 15 is 0 Å². The van der Waals surface area contributed by atoms with Crippen molar-refractivity contribution in [3.63, 3.8) is 0 Å². The normalized spacial score (nSPS) is 19.5. The number of methoxy groups -OCH3 is 1. The molecule has 1 atom stereocenters. The summed E-state index contributed by atoms with van der Waals surface area (Å²) in [5.41, 5.74) is 7.40. The maximum Gasteiger partial charge on any atom is 0.126 e. The zero-order chi connectivity index (χ0) is 12.1. The Bertz CT molecular complexity index is 362. The van der Waals surface area contributed by atoms with Gasteiger partial charge >= 0.3 is 0 Å². The Morgan fingerprint density at radius 2 is 2.35 bits per heavy atom. The SMILES string of the molecule is COc1cc(N)ccc1COCC1CCCO1. The average molecular weight is 237 g/mol. The van der Waals surface area contributed by atoms with E-state index in [9.17, 15) is 0 Å². The van der Waals surface area contributed by atoms with Crippen molar-refractivity contribution < 1.29 is 14.2 Å². The molecule has 1 unspecified atom stereocenters. The molecule has 0 saturated carbocycles. The van der Waals surface area contributed by atoms with E-state index in [1.165, 1.54) is 0 Å². The van der Waals surface area contributed by atoms with Crippen molar-refractivity contribution in [2.45, 2.75) is 25.6 Å². The van der Waals surface area contributed by atoms with Crippen molar-refractivity contribution >= 4 is 5.69 Å². The molecular formula is C13H19NO3. The number of hydrogen-bond acceptors (Lipinski definition) is 4. The van der Waals surface area contributed by atoms with Gasteiger partial charge < -0.3 is 19.9 Å². The van der Waals surface area contributed by atoms with Crippen LogP contribution in [0.5, 0.6) is 5.75 Å². The van der Waals surface area contributed by atoms with Gasteiger partial charge in [-0.15, -0.1) is 0 Å². The number of ether oxygens (including phenoxy) is 3. The van der Waals surface area contributed by atoms with Gasteiger partial charge in [-0.2, -0.15) is 0 Å². The monoisotopic (exact) mass is 237 g/mol. The van der Waals surface area contributed by atoms with Gasteiger partial charge in [-0.1, -0.05) is 6.07 Å². The second-order valence-corrected chi connectivity index (χ2v) is 4.22. The lowest BCUT2D eigenvalue weighted by Gasteiger charge is -2.12. The summed E-state index contributed by atoms with van der Waals surface area (Å²) in [5, 5.41) is 0. The quantitative estimate of drug-likeness (QED) is 0.795. The van der Waals surface area contributed by atoms with Crippen LogP contribution in [0.2, 0.25) is 0 Å². The zero-order valence-corrected chi connectivity index (χ0v) is 10.1. The smallest absolute Gasteiger partial charge is 0.126 e. The Hall–Kier alpha value is -1.26. The predicted molar refractivity (Wildman–Crippen MR) is 66.0 cm³/mol. The van der Waals surface area contributed by atoms with E-state index < -0.39 is 0 Å². The van der Waals surface area contributed by atoms with Crippen molar-refractivity contribution in [1.29, 1.82) is 0 Å². The third-order valence-corrected chi connectivity index (χ3v) is 2.90. The highest BCUT2D eigenvalue weighted by molar-refractivity contribution is 5.48. The van der Waals surface area contributed by atoms with Gasteiger partial charge in [0.1, 0.15) is 5.75 Å². The molecule has 17 heavy (non-hydrogen) atoms. The first-order valence-electron chi connectivity index (χ1n) is 5.91. The third kappa shape index (κ3) is 3.35. The van der Waals surface area contributed by atoms with Crippen LogP contribution < -0.4 is 10.5 Å². The van der Waals surface area contributed by atoms with Crippen LogP contribution in [0.1, 0.15) is 18.4 Å². The summed E-state index contributed by atoms with van der Waals surface area (Å²) in [7, 11) is 1.64. The van der Waals surface area contributed by atoms with Gasteiger partial charge in [0.05, 0.1) is 26.4 Å². The summed E-state index contributed by atoms with van der Waals surface area (Å²) in [4.78, 5) is 0.